The molecule has 3 rings (SSSR count). The number of hydrogen-bond donors (Lipinski definition) is 1. The van der Waals surface area contributed by atoms with Crippen LogP contribution in [0.1, 0.15) is 37.0 Å². The van der Waals surface area contributed by atoms with Gasteiger partial charge in [-0.15, -0.1) is 0 Å². The highest BCUT2D eigenvalue weighted by Crippen LogP contribution is 2.35. The molecule has 0 fully saturated rings. The van der Waals surface area contributed by atoms with Gasteiger partial charge in [0.15, 0.2) is 0 Å². The highest BCUT2D eigenvalue weighted by Gasteiger charge is 2.34. The summed E-state index contributed by atoms with van der Waals surface area (Å²) < 4.78 is 26.8. The smallest absolute Gasteiger partial charge is 0.244 e. The van der Waals surface area contributed by atoms with Crippen LogP contribution < -0.4 is 9.62 Å². The Morgan fingerprint density at radius 3 is 2.10 bits per heavy atom. The minimum Gasteiger partial charge on any atom is -0.352 e. The van der Waals surface area contributed by atoms with E-state index in [-0.39, 0.29) is 45.7 Å². The van der Waals surface area contributed by atoms with Crippen LogP contribution in [-0.4, -0.2) is 50.0 Å². The number of halogens is 3. The Morgan fingerprint density at radius 1 is 0.902 bits per heavy atom. The first-order valence-electron chi connectivity index (χ1n) is 13.1. The second kappa shape index (κ2) is 14.4. The van der Waals surface area contributed by atoms with E-state index in [1.165, 1.54) is 17.0 Å². The molecule has 0 saturated heterocycles. The second-order valence-electron chi connectivity index (χ2n) is 10.0. The maximum Gasteiger partial charge on any atom is 0.244 e. The molecule has 7 nitrogen and oxygen atoms in total. The lowest BCUT2D eigenvalue weighted by Gasteiger charge is -2.34. The number of benzene rings is 3. The van der Waals surface area contributed by atoms with Crippen LogP contribution in [0.15, 0.2) is 66.7 Å². The lowest BCUT2D eigenvalue weighted by Crippen LogP contribution is -2.54. The SMILES string of the molecule is CC[C@@H](C)NC(=O)[C@H](Cc1ccccc1)N(Cc1ccc(C)cc1)C(=O)CN(c1cc(Cl)c(Cl)cc1Cl)S(C)(=O)=O. The average Bonchev–Trinajstić information content (AvgIpc) is 2.92. The number of hydrogen-bond acceptors (Lipinski definition) is 4. The fraction of sp³-hybridized carbons (Fsp3) is 0.333. The minimum atomic E-state index is -4.01. The molecule has 1 N–H and O–H groups in total. The largest absolute Gasteiger partial charge is 0.352 e. The first-order valence-corrected chi connectivity index (χ1v) is 16.1. The van der Waals surface area contributed by atoms with Crippen molar-refractivity contribution in [3.63, 3.8) is 0 Å². The molecule has 41 heavy (non-hydrogen) atoms. The summed E-state index contributed by atoms with van der Waals surface area (Å²) in [6.07, 6.45) is 1.90. The van der Waals surface area contributed by atoms with Gasteiger partial charge in [0.1, 0.15) is 12.6 Å². The topological polar surface area (TPSA) is 86.8 Å². The van der Waals surface area contributed by atoms with Crippen molar-refractivity contribution in [3.8, 4) is 0 Å². The molecule has 0 saturated carbocycles. The van der Waals surface area contributed by atoms with Crippen molar-refractivity contribution in [2.45, 2.75) is 52.2 Å². The molecule has 0 bridgehead atoms. The molecule has 220 valence electrons. The molecule has 0 aromatic heterocycles. The molecule has 0 aliphatic carbocycles. The first-order chi connectivity index (χ1) is 19.3. The van der Waals surface area contributed by atoms with Crippen molar-refractivity contribution in [1.82, 2.24) is 10.2 Å². The zero-order valence-electron chi connectivity index (χ0n) is 23.4. The molecule has 3 aromatic carbocycles. The van der Waals surface area contributed by atoms with Crippen molar-refractivity contribution in [2.75, 3.05) is 17.1 Å². The standard InChI is InChI=1S/C30H34Cl3N3O4S/c1-5-21(3)34-30(38)28(15-22-9-7-6-8-10-22)35(18-23-13-11-20(2)12-14-23)29(37)19-36(41(4,39)40)27-17-25(32)24(31)16-26(27)33/h6-14,16-17,21,28H,5,15,18-19H2,1-4H3,(H,34,38)/t21-,28+/m1/s1. The summed E-state index contributed by atoms with van der Waals surface area (Å²) in [5, 5.41) is 3.24. The number of rotatable bonds is 12. The second-order valence-corrected chi connectivity index (χ2v) is 13.1. The zero-order valence-corrected chi connectivity index (χ0v) is 26.5. The summed E-state index contributed by atoms with van der Waals surface area (Å²) in [6.45, 7) is 5.27. The van der Waals surface area contributed by atoms with E-state index >= 15 is 0 Å². The third kappa shape index (κ3) is 9.10. The Labute approximate surface area is 257 Å². The number of aryl methyl sites for hydroxylation is 1. The highest BCUT2D eigenvalue weighted by atomic mass is 35.5. The number of sulfonamides is 1. The third-order valence-corrected chi connectivity index (χ3v) is 8.83. The van der Waals surface area contributed by atoms with Crippen LogP contribution in [0.2, 0.25) is 15.1 Å². The van der Waals surface area contributed by atoms with E-state index < -0.39 is 28.5 Å². The normalized spacial score (nSPS) is 12.9. The molecule has 0 spiro atoms. The van der Waals surface area contributed by atoms with Crippen molar-refractivity contribution >= 4 is 62.3 Å². The van der Waals surface area contributed by atoms with Gasteiger partial charge in [0.05, 0.1) is 27.0 Å². The quantitative estimate of drug-likeness (QED) is 0.237. The van der Waals surface area contributed by atoms with Crippen molar-refractivity contribution in [2.24, 2.45) is 0 Å². The van der Waals surface area contributed by atoms with Gasteiger partial charge in [0, 0.05) is 19.0 Å². The Balaban J connectivity index is 2.09. The van der Waals surface area contributed by atoms with Crippen LogP contribution in [0.25, 0.3) is 0 Å². The maximum absolute atomic E-state index is 14.1. The number of nitrogens with zero attached hydrogens (tertiary/aromatic N) is 2. The number of anilines is 1. The summed E-state index contributed by atoms with van der Waals surface area (Å²) in [5.41, 5.74) is 2.69. The van der Waals surface area contributed by atoms with Crippen molar-refractivity contribution in [3.05, 3.63) is 98.5 Å². The van der Waals surface area contributed by atoms with Crippen LogP contribution in [0.3, 0.4) is 0 Å². The predicted molar refractivity (Wildman–Crippen MR) is 167 cm³/mol. The number of carbonyl (C=O) groups is 2. The molecular formula is C30H34Cl3N3O4S. The molecule has 0 aliphatic rings. The molecule has 0 heterocycles. The van der Waals surface area contributed by atoms with Gasteiger partial charge in [-0.25, -0.2) is 8.42 Å². The van der Waals surface area contributed by atoms with Crippen molar-refractivity contribution in [1.29, 1.82) is 0 Å². The van der Waals surface area contributed by atoms with Crippen LogP contribution in [0.4, 0.5) is 5.69 Å². The summed E-state index contributed by atoms with van der Waals surface area (Å²) in [5.74, 6) is -0.916. The first kappa shape index (κ1) is 32.7. The molecule has 0 aliphatic heterocycles. The van der Waals surface area contributed by atoms with Crippen LogP contribution >= 0.6 is 34.8 Å². The molecule has 2 amide bonds. The Kier molecular flexibility index (Phi) is 11.5. The van der Waals surface area contributed by atoms with Gasteiger partial charge in [0.25, 0.3) is 0 Å². The molecule has 2 atom stereocenters. The molecular weight excluding hydrogens is 605 g/mol. The number of carbonyl (C=O) groups excluding carboxylic acids is 2. The molecule has 0 unspecified atom stereocenters. The van der Waals surface area contributed by atoms with Gasteiger partial charge < -0.3 is 10.2 Å². The van der Waals surface area contributed by atoms with Crippen LogP contribution in [0.5, 0.6) is 0 Å². The third-order valence-electron chi connectivity index (χ3n) is 6.68. The van der Waals surface area contributed by atoms with E-state index in [1.807, 2.05) is 75.4 Å². The van der Waals surface area contributed by atoms with E-state index in [2.05, 4.69) is 5.32 Å². The lowest BCUT2D eigenvalue weighted by molar-refractivity contribution is -0.140. The Hall–Kier alpha value is -2.78. The van der Waals surface area contributed by atoms with Crippen LogP contribution in [-0.2, 0) is 32.6 Å². The van der Waals surface area contributed by atoms with Gasteiger partial charge >= 0.3 is 0 Å². The van der Waals surface area contributed by atoms with Gasteiger partial charge in [0.2, 0.25) is 21.8 Å². The molecule has 0 radical (unpaired) electrons. The van der Waals surface area contributed by atoms with E-state index in [9.17, 15) is 18.0 Å². The summed E-state index contributed by atoms with van der Waals surface area (Å²) >= 11 is 18.6. The lowest BCUT2D eigenvalue weighted by atomic mass is 10.0. The fourth-order valence-corrected chi connectivity index (χ4v) is 5.73. The van der Waals surface area contributed by atoms with Gasteiger partial charge in [-0.1, -0.05) is 102 Å². The van der Waals surface area contributed by atoms with E-state index in [1.54, 1.807) is 0 Å². The van der Waals surface area contributed by atoms with E-state index in [4.69, 9.17) is 34.8 Å². The average molecular weight is 639 g/mol. The molecule has 11 heteroatoms. The van der Waals surface area contributed by atoms with E-state index in [0.29, 0.717) is 6.42 Å². The molecule has 3 aromatic rings. The minimum absolute atomic E-state index is 0.0101. The van der Waals surface area contributed by atoms with E-state index in [0.717, 1.165) is 27.3 Å². The van der Waals surface area contributed by atoms with Gasteiger partial charge in [-0.2, -0.15) is 0 Å². The monoisotopic (exact) mass is 637 g/mol. The fourth-order valence-electron chi connectivity index (χ4n) is 4.18. The Morgan fingerprint density at radius 2 is 1.51 bits per heavy atom. The zero-order chi connectivity index (χ0) is 30.3. The highest BCUT2D eigenvalue weighted by molar-refractivity contribution is 7.92. The summed E-state index contributed by atoms with van der Waals surface area (Å²) in [6, 6.07) is 18.6. The number of amides is 2. The van der Waals surface area contributed by atoms with Gasteiger partial charge in [-0.05, 0) is 43.5 Å². The predicted octanol–water partition coefficient (Wildman–Crippen LogP) is 6.28. The van der Waals surface area contributed by atoms with Gasteiger partial charge in [-0.3, -0.25) is 13.9 Å². The van der Waals surface area contributed by atoms with Crippen LogP contribution in [0, 0.1) is 6.92 Å². The van der Waals surface area contributed by atoms with Crippen molar-refractivity contribution < 1.29 is 18.0 Å². The summed E-state index contributed by atoms with van der Waals surface area (Å²) in [4.78, 5) is 29.3. The summed E-state index contributed by atoms with van der Waals surface area (Å²) in [7, 11) is -4.01. The number of nitrogens with one attached hydrogen (secondary N) is 1. The maximum atomic E-state index is 14.1. The Bertz CT molecular complexity index is 1470.